The Bertz CT molecular complexity index is 3800. The van der Waals surface area contributed by atoms with E-state index in [-0.39, 0.29) is 0 Å². The first kappa shape index (κ1) is 34.9. The van der Waals surface area contributed by atoms with Crippen LogP contribution in [0.25, 0.3) is 110 Å². The van der Waals surface area contributed by atoms with Crippen LogP contribution < -0.4 is 0 Å². The van der Waals surface area contributed by atoms with Gasteiger partial charge in [-0.1, -0.05) is 157 Å². The van der Waals surface area contributed by atoms with E-state index in [2.05, 4.69) is 168 Å². The molecule has 0 unspecified atom stereocenters. The standard InChI is InChI=1S/C57H38N4O/c1-2-5-16-37-28-27-35(15-4-1)31-46(37)57-59-55(38-18-6-3-7-19-38)58-56(60-57)45-25-14-26-51-52(45)48-34-50(42-23-12-13-24-44(42)54(48)62-51)61-49-33-40-21-9-8-20-39(40)32-47(49)43-30-29-36-17-10-11-22-41(36)53(43)61/h1-4,6-15,17-26,29-34H,5,16,27-28H2/b2-1-,15-4-. The van der Waals surface area contributed by atoms with Gasteiger partial charge in [0.05, 0.1) is 16.7 Å². The minimum atomic E-state index is 0.626. The summed E-state index contributed by atoms with van der Waals surface area (Å²) < 4.78 is 9.44. The van der Waals surface area contributed by atoms with Crippen molar-refractivity contribution in [2.24, 2.45) is 0 Å². The van der Waals surface area contributed by atoms with Gasteiger partial charge in [0.25, 0.3) is 0 Å². The molecule has 292 valence electrons. The quantitative estimate of drug-likeness (QED) is 0.178. The fraction of sp³-hybridized carbons (Fsp3) is 0.0702. The lowest BCUT2D eigenvalue weighted by molar-refractivity contribution is 0.672. The number of aromatic nitrogens is 4. The maximum absolute atomic E-state index is 6.95. The van der Waals surface area contributed by atoms with Crippen LogP contribution in [0.2, 0.25) is 0 Å². The van der Waals surface area contributed by atoms with Gasteiger partial charge < -0.3 is 8.98 Å². The lowest BCUT2D eigenvalue weighted by Crippen LogP contribution is -2.07. The molecule has 0 N–H and O–H groups in total. The smallest absolute Gasteiger partial charge is 0.164 e. The molecule has 2 bridgehead atoms. The van der Waals surface area contributed by atoms with Crippen LogP contribution in [-0.2, 0) is 0 Å². The number of furan rings is 1. The largest absolute Gasteiger partial charge is 0.455 e. The maximum Gasteiger partial charge on any atom is 0.164 e. The third kappa shape index (κ3) is 5.45. The molecule has 0 radical (unpaired) electrons. The molecule has 5 heteroatoms. The van der Waals surface area contributed by atoms with E-state index < -0.39 is 0 Å². The second-order valence-corrected chi connectivity index (χ2v) is 16.6. The Morgan fingerprint density at radius 3 is 2.16 bits per heavy atom. The zero-order valence-electron chi connectivity index (χ0n) is 33.8. The van der Waals surface area contributed by atoms with Crippen molar-refractivity contribution >= 4 is 81.6 Å². The predicted molar refractivity (Wildman–Crippen MR) is 257 cm³/mol. The fourth-order valence-corrected chi connectivity index (χ4v) is 10.1. The topological polar surface area (TPSA) is 56.7 Å². The summed E-state index contributed by atoms with van der Waals surface area (Å²) in [7, 11) is 0. The normalized spacial score (nSPS) is 15.5. The molecule has 0 saturated heterocycles. The average Bonchev–Trinajstić information content (AvgIpc) is 3.88. The average molecular weight is 795 g/mol. The monoisotopic (exact) mass is 794 g/mol. The number of allylic oxidation sites excluding steroid dienone is 8. The van der Waals surface area contributed by atoms with Crippen LogP contribution in [0, 0.1) is 0 Å². The van der Waals surface area contributed by atoms with Crippen molar-refractivity contribution in [3.8, 4) is 28.5 Å². The highest BCUT2D eigenvalue weighted by Crippen LogP contribution is 2.45. The van der Waals surface area contributed by atoms with Crippen LogP contribution in [0.1, 0.15) is 31.5 Å². The molecule has 0 saturated carbocycles. The molecule has 5 nitrogen and oxygen atoms in total. The summed E-state index contributed by atoms with van der Waals surface area (Å²) in [6.45, 7) is 0. The van der Waals surface area contributed by atoms with Gasteiger partial charge in [0.2, 0.25) is 0 Å². The van der Waals surface area contributed by atoms with Crippen molar-refractivity contribution in [3.63, 3.8) is 0 Å². The Labute approximate surface area is 357 Å². The molecular formula is C57H38N4O. The Kier molecular flexibility index (Phi) is 7.79. The lowest BCUT2D eigenvalue weighted by Gasteiger charge is -2.19. The summed E-state index contributed by atoms with van der Waals surface area (Å²) >= 11 is 0. The molecule has 0 atom stereocenters. The number of rotatable bonds is 4. The van der Waals surface area contributed by atoms with Gasteiger partial charge in [-0.2, -0.15) is 0 Å². The number of benzene rings is 8. The molecule has 3 aromatic heterocycles. The van der Waals surface area contributed by atoms with Gasteiger partial charge in [0.1, 0.15) is 11.2 Å². The molecule has 3 aliphatic carbocycles. The van der Waals surface area contributed by atoms with E-state index in [0.29, 0.717) is 17.5 Å². The Morgan fingerprint density at radius 1 is 0.516 bits per heavy atom. The zero-order chi connectivity index (χ0) is 40.7. The second-order valence-electron chi connectivity index (χ2n) is 16.6. The van der Waals surface area contributed by atoms with Crippen molar-refractivity contribution < 1.29 is 4.42 Å². The van der Waals surface area contributed by atoms with Gasteiger partial charge in [-0.3, -0.25) is 0 Å². The van der Waals surface area contributed by atoms with E-state index in [4.69, 9.17) is 19.4 Å². The van der Waals surface area contributed by atoms with Gasteiger partial charge in [0, 0.05) is 54.4 Å². The van der Waals surface area contributed by atoms with Gasteiger partial charge in [-0.05, 0) is 77.8 Å². The van der Waals surface area contributed by atoms with Crippen LogP contribution in [0.5, 0.6) is 0 Å². The third-order valence-corrected chi connectivity index (χ3v) is 13.0. The molecular weight excluding hydrogens is 757 g/mol. The minimum absolute atomic E-state index is 0.626. The van der Waals surface area contributed by atoms with Gasteiger partial charge in [-0.25, -0.2) is 15.0 Å². The van der Waals surface area contributed by atoms with Crippen LogP contribution in [0.3, 0.4) is 0 Å². The van der Waals surface area contributed by atoms with Crippen molar-refractivity contribution in [2.75, 3.05) is 0 Å². The summed E-state index contributed by atoms with van der Waals surface area (Å²) in [4.78, 5) is 15.9. The Balaban J connectivity index is 1.12. The van der Waals surface area contributed by atoms with Crippen molar-refractivity contribution in [1.82, 2.24) is 19.5 Å². The highest BCUT2D eigenvalue weighted by Gasteiger charge is 2.24. The second kappa shape index (κ2) is 13.8. The Morgan fingerprint density at radius 2 is 1.27 bits per heavy atom. The van der Waals surface area contributed by atoms with Gasteiger partial charge in [-0.15, -0.1) is 0 Å². The predicted octanol–water partition coefficient (Wildman–Crippen LogP) is 15.0. The minimum Gasteiger partial charge on any atom is -0.455 e. The highest BCUT2D eigenvalue weighted by atomic mass is 16.3. The van der Waals surface area contributed by atoms with E-state index in [1.54, 1.807) is 0 Å². The van der Waals surface area contributed by atoms with E-state index in [0.717, 1.165) is 86.3 Å². The lowest BCUT2D eigenvalue weighted by atomic mass is 9.88. The molecule has 0 aliphatic heterocycles. The highest BCUT2D eigenvalue weighted by molar-refractivity contribution is 6.24. The number of hydrogen-bond donors (Lipinski definition) is 0. The maximum atomic E-state index is 6.95. The summed E-state index contributed by atoms with van der Waals surface area (Å²) in [5, 5.41) is 11.5. The summed E-state index contributed by atoms with van der Waals surface area (Å²) in [5.74, 6) is 1.99. The molecule has 0 fully saturated rings. The zero-order valence-corrected chi connectivity index (χ0v) is 33.8. The summed E-state index contributed by atoms with van der Waals surface area (Å²) in [6.07, 6.45) is 15.0. The summed E-state index contributed by atoms with van der Waals surface area (Å²) in [5.41, 5.74) is 10.7. The van der Waals surface area contributed by atoms with Crippen molar-refractivity contribution in [2.45, 2.75) is 25.7 Å². The molecule has 62 heavy (non-hydrogen) atoms. The van der Waals surface area contributed by atoms with Crippen molar-refractivity contribution in [1.29, 1.82) is 0 Å². The van der Waals surface area contributed by atoms with E-state index in [1.807, 2.05) is 18.2 Å². The first-order valence-electron chi connectivity index (χ1n) is 21.5. The molecule has 0 amide bonds. The summed E-state index contributed by atoms with van der Waals surface area (Å²) in [6, 6.07) is 54.2. The van der Waals surface area contributed by atoms with Crippen LogP contribution in [0.15, 0.2) is 198 Å². The fourth-order valence-electron chi connectivity index (χ4n) is 10.1. The van der Waals surface area contributed by atoms with E-state index >= 15 is 0 Å². The van der Waals surface area contributed by atoms with Crippen LogP contribution in [0.4, 0.5) is 0 Å². The molecule has 3 heterocycles. The first-order valence-corrected chi connectivity index (χ1v) is 21.5. The Hall–Kier alpha value is -7.89. The third-order valence-electron chi connectivity index (χ3n) is 13.0. The molecule has 0 spiro atoms. The number of hydrogen-bond acceptors (Lipinski definition) is 4. The van der Waals surface area contributed by atoms with Crippen LogP contribution >= 0.6 is 0 Å². The first-order chi connectivity index (χ1) is 30.7. The SMILES string of the molecule is C1=C2/C=C\C=C/CCC(=C1c1nc(-c3ccccc3)nc(-c3cccc4oc5c6ccccc6c(-n6c7cc8ccccc8cc7c7ccc8ccccc8c76)cc5c34)n1)CC2. The van der Waals surface area contributed by atoms with Gasteiger partial charge in [0.15, 0.2) is 17.5 Å². The van der Waals surface area contributed by atoms with Crippen molar-refractivity contribution in [3.05, 3.63) is 199 Å². The number of nitrogens with zero attached hydrogens (tertiary/aromatic N) is 4. The number of fused-ring (bicyclic) bond motifs is 16. The molecule has 14 rings (SSSR count). The molecule has 8 aromatic carbocycles. The van der Waals surface area contributed by atoms with E-state index in [9.17, 15) is 0 Å². The molecule has 3 aliphatic rings. The van der Waals surface area contributed by atoms with Gasteiger partial charge >= 0.3 is 0 Å². The van der Waals surface area contributed by atoms with E-state index in [1.165, 1.54) is 49.0 Å². The molecule has 11 aromatic rings. The van der Waals surface area contributed by atoms with Crippen LogP contribution in [-0.4, -0.2) is 19.5 Å².